The van der Waals surface area contributed by atoms with Crippen molar-refractivity contribution in [1.82, 2.24) is 20.4 Å². The first-order valence-corrected chi connectivity index (χ1v) is 13.0. The van der Waals surface area contributed by atoms with Crippen LogP contribution < -0.4 is 10.1 Å². The Morgan fingerprint density at radius 3 is 2.38 bits per heavy atom. The van der Waals surface area contributed by atoms with Gasteiger partial charge in [-0.25, -0.2) is 13.4 Å². The molecule has 14 heteroatoms. The van der Waals surface area contributed by atoms with Crippen molar-refractivity contribution in [2.75, 3.05) is 11.6 Å². The van der Waals surface area contributed by atoms with Gasteiger partial charge >= 0.3 is 6.18 Å². The maximum Gasteiger partial charge on any atom is 0.435 e. The van der Waals surface area contributed by atoms with Gasteiger partial charge in [-0.3, -0.25) is 4.79 Å². The Morgan fingerprint density at radius 2 is 1.81 bits per heavy atom. The van der Waals surface area contributed by atoms with E-state index in [1.807, 2.05) is 6.92 Å². The third-order valence-electron chi connectivity index (χ3n) is 6.21. The minimum atomic E-state index is -4.94. The Bertz CT molecular complexity index is 1490. The van der Waals surface area contributed by atoms with Crippen LogP contribution in [0.3, 0.4) is 0 Å². The highest BCUT2D eigenvalue weighted by atomic mass is 32.2. The minimum Gasteiger partial charge on any atom is -0.414 e. The van der Waals surface area contributed by atoms with Crippen LogP contribution in [-0.2, 0) is 21.3 Å². The molecule has 2 aromatic heterocycles. The van der Waals surface area contributed by atoms with Gasteiger partial charge in [0.25, 0.3) is 17.7 Å². The van der Waals surface area contributed by atoms with Crippen LogP contribution in [0.2, 0.25) is 0 Å². The first-order valence-electron chi connectivity index (χ1n) is 11.0. The Kier molecular flexibility index (Phi) is 6.65. The summed E-state index contributed by atoms with van der Waals surface area (Å²) in [6, 6.07) is 6.63. The van der Waals surface area contributed by atoms with E-state index in [4.69, 9.17) is 9.52 Å². The van der Waals surface area contributed by atoms with Crippen molar-refractivity contribution in [3.63, 3.8) is 0 Å². The molecular weight excluding hydrogens is 516 g/mol. The highest BCUT2D eigenvalue weighted by Crippen LogP contribution is 2.43. The first-order chi connectivity index (χ1) is 17.2. The van der Waals surface area contributed by atoms with Crippen LogP contribution in [0.5, 0.6) is 11.8 Å². The number of aromatic nitrogens is 4. The summed E-state index contributed by atoms with van der Waals surface area (Å²) in [6.07, 6.45) is -1.17. The quantitative estimate of drug-likeness (QED) is 0.410. The van der Waals surface area contributed by atoms with Crippen LogP contribution in [0.15, 0.2) is 35.2 Å². The number of nitrogens with one attached hydrogen (secondary N) is 2. The van der Waals surface area contributed by atoms with E-state index < -0.39 is 56.2 Å². The van der Waals surface area contributed by atoms with Crippen molar-refractivity contribution in [3.05, 3.63) is 58.7 Å². The van der Waals surface area contributed by atoms with Gasteiger partial charge in [-0.1, -0.05) is 19.4 Å². The Morgan fingerprint density at radius 1 is 1.14 bits per heavy atom. The van der Waals surface area contributed by atoms with E-state index in [0.717, 1.165) is 32.3 Å². The van der Waals surface area contributed by atoms with Gasteiger partial charge in [0.2, 0.25) is 0 Å². The third kappa shape index (κ3) is 5.38. The highest BCUT2D eigenvalue weighted by Gasteiger charge is 2.39. The van der Waals surface area contributed by atoms with Crippen molar-refractivity contribution in [3.8, 4) is 11.8 Å². The highest BCUT2D eigenvalue weighted by molar-refractivity contribution is 7.91. The van der Waals surface area contributed by atoms with E-state index in [1.165, 1.54) is 30.5 Å². The molecule has 3 aromatic rings. The molecule has 1 fully saturated rings. The van der Waals surface area contributed by atoms with Gasteiger partial charge < -0.3 is 10.1 Å². The molecule has 1 saturated carbocycles. The summed E-state index contributed by atoms with van der Waals surface area (Å²) in [6.45, 7) is 2.92. The molecule has 0 bridgehead atoms. The third-order valence-corrected chi connectivity index (χ3v) is 7.36. The standard InChI is InChI=1S/C23H22F4N6O3S/c1-12-17(19(34)29-13-6-4-7-14(10-13)37(3,28)35)21(33-31-18(12)23(25,26)27)36-20-15(24)11-16(30-32-20)22(2)8-5-9-22/h4,6-7,10-11,28H,5,8-9H2,1-3H3,(H,29,34). The summed E-state index contributed by atoms with van der Waals surface area (Å²) in [5, 5.41) is 16.6. The largest absolute Gasteiger partial charge is 0.435 e. The van der Waals surface area contributed by atoms with E-state index in [9.17, 15) is 26.6 Å². The maximum absolute atomic E-state index is 14.8. The van der Waals surface area contributed by atoms with Crippen molar-refractivity contribution < 1.29 is 31.3 Å². The van der Waals surface area contributed by atoms with Crippen LogP contribution in [0.4, 0.5) is 23.2 Å². The maximum atomic E-state index is 14.8. The van der Waals surface area contributed by atoms with Gasteiger partial charge in [0.15, 0.2) is 11.5 Å². The minimum absolute atomic E-state index is 0.0594. The lowest BCUT2D eigenvalue weighted by atomic mass is 9.68. The number of nitrogens with zero attached hydrogens (tertiary/aromatic N) is 4. The fourth-order valence-electron chi connectivity index (χ4n) is 3.89. The lowest BCUT2D eigenvalue weighted by molar-refractivity contribution is -0.142. The van der Waals surface area contributed by atoms with Crippen LogP contribution in [-0.4, -0.2) is 36.8 Å². The number of carbonyl (C=O) groups excluding carboxylic acids is 1. The number of anilines is 1. The van der Waals surface area contributed by atoms with Crippen LogP contribution in [0.1, 0.15) is 53.5 Å². The van der Waals surface area contributed by atoms with Crippen molar-refractivity contribution in [2.24, 2.45) is 0 Å². The molecule has 0 spiro atoms. The second-order valence-corrected chi connectivity index (χ2v) is 11.2. The molecule has 1 amide bonds. The number of hydrogen-bond donors (Lipinski definition) is 2. The van der Waals surface area contributed by atoms with Crippen molar-refractivity contribution in [1.29, 1.82) is 4.78 Å². The Labute approximate surface area is 209 Å². The van der Waals surface area contributed by atoms with Crippen molar-refractivity contribution >= 4 is 21.3 Å². The predicted octanol–water partition coefficient (Wildman–Crippen LogP) is 5.25. The van der Waals surface area contributed by atoms with Gasteiger partial charge in [0.05, 0.1) is 15.4 Å². The Hall–Kier alpha value is -3.68. The molecule has 9 nitrogen and oxygen atoms in total. The molecule has 196 valence electrons. The zero-order valence-electron chi connectivity index (χ0n) is 19.9. The lowest BCUT2D eigenvalue weighted by Gasteiger charge is -2.37. The average molecular weight is 539 g/mol. The molecule has 4 rings (SSSR count). The molecular formula is C23H22F4N6O3S. The second kappa shape index (κ2) is 9.32. The fourth-order valence-corrected chi connectivity index (χ4v) is 4.58. The zero-order valence-corrected chi connectivity index (χ0v) is 20.8. The molecule has 0 saturated heterocycles. The normalized spacial score (nSPS) is 16.4. The fraction of sp³-hybridized carbons (Fsp3) is 0.348. The van der Waals surface area contributed by atoms with Gasteiger partial charge in [0.1, 0.15) is 5.56 Å². The molecule has 1 unspecified atom stereocenters. The summed E-state index contributed by atoms with van der Waals surface area (Å²) in [7, 11) is -3.13. The summed E-state index contributed by atoms with van der Waals surface area (Å²) >= 11 is 0. The molecule has 2 heterocycles. The van der Waals surface area contributed by atoms with Crippen LogP contribution in [0, 0.1) is 17.5 Å². The van der Waals surface area contributed by atoms with Gasteiger partial charge in [0, 0.05) is 28.3 Å². The molecule has 1 aliphatic carbocycles. The molecule has 0 aliphatic heterocycles. The SMILES string of the molecule is Cc1c(C(F)(F)F)nnc(Oc2nnc(C3(C)CCC3)cc2F)c1C(=O)Nc1cccc(S(C)(=N)=O)c1. The van der Waals surface area contributed by atoms with Gasteiger partial charge in [-0.05, 0) is 43.5 Å². The smallest absolute Gasteiger partial charge is 0.414 e. The number of alkyl halides is 3. The lowest BCUT2D eigenvalue weighted by Crippen LogP contribution is -2.31. The number of ether oxygens (including phenoxy) is 1. The van der Waals surface area contributed by atoms with E-state index in [2.05, 4.69) is 25.7 Å². The first kappa shape index (κ1) is 26.4. The monoisotopic (exact) mass is 538 g/mol. The average Bonchev–Trinajstić information content (AvgIpc) is 2.77. The van der Waals surface area contributed by atoms with Gasteiger partial charge in [-0.2, -0.15) is 18.3 Å². The molecule has 37 heavy (non-hydrogen) atoms. The summed E-state index contributed by atoms with van der Waals surface area (Å²) in [5.41, 5.74) is -2.55. The van der Waals surface area contributed by atoms with Crippen LogP contribution >= 0.6 is 0 Å². The number of hydrogen-bond acceptors (Lipinski definition) is 8. The number of carbonyl (C=O) groups is 1. The number of amides is 1. The van der Waals surface area contributed by atoms with E-state index in [1.54, 1.807) is 0 Å². The molecule has 1 atom stereocenters. The van der Waals surface area contributed by atoms with Gasteiger partial charge in [-0.15, -0.1) is 15.3 Å². The topological polar surface area (TPSA) is 131 Å². The molecule has 2 N–H and O–H groups in total. The van der Waals surface area contributed by atoms with Crippen molar-refractivity contribution in [2.45, 2.75) is 49.6 Å². The summed E-state index contributed by atoms with van der Waals surface area (Å²) < 4.78 is 80.4. The predicted molar refractivity (Wildman–Crippen MR) is 124 cm³/mol. The van der Waals surface area contributed by atoms with E-state index in [0.29, 0.717) is 5.69 Å². The molecule has 1 aromatic carbocycles. The van der Waals surface area contributed by atoms with Crippen LogP contribution in [0.25, 0.3) is 0 Å². The Balaban J connectivity index is 1.73. The zero-order chi connectivity index (χ0) is 27.2. The van der Waals surface area contributed by atoms with E-state index >= 15 is 0 Å². The molecule has 1 aliphatic rings. The second-order valence-electron chi connectivity index (χ2n) is 9.08. The summed E-state index contributed by atoms with van der Waals surface area (Å²) in [5.74, 6) is -3.40. The molecule has 0 radical (unpaired) electrons. The number of benzene rings is 1. The number of halogens is 4. The number of rotatable bonds is 6. The summed E-state index contributed by atoms with van der Waals surface area (Å²) in [4.78, 5) is 13.2. The van der Waals surface area contributed by atoms with E-state index in [-0.39, 0.29) is 16.0 Å².